The normalized spacial score (nSPS) is 13.1. The van der Waals surface area contributed by atoms with Crippen LogP contribution in [-0.4, -0.2) is 26.1 Å². The van der Waals surface area contributed by atoms with Gasteiger partial charge in [-0.05, 0) is 73.5 Å². The molecule has 1 aliphatic rings. The van der Waals surface area contributed by atoms with Gasteiger partial charge in [0, 0.05) is 33.9 Å². The molecule has 1 aliphatic heterocycles. The smallest absolute Gasteiger partial charge is 0.411 e. The lowest BCUT2D eigenvalue weighted by Crippen LogP contribution is -2.53. The second-order valence-electron chi connectivity index (χ2n) is 9.87. The van der Waals surface area contributed by atoms with E-state index in [0.29, 0.717) is 0 Å². The number of hydrogen-bond acceptors (Lipinski definition) is 4. The first kappa shape index (κ1) is 21.8. The van der Waals surface area contributed by atoms with Crippen molar-refractivity contribution >= 4 is 45.8 Å². The number of hydrogen-bond donors (Lipinski definition) is 0. The predicted octanol–water partition coefficient (Wildman–Crippen LogP) is 6.90. The van der Waals surface area contributed by atoms with E-state index in [4.69, 9.17) is 9.40 Å². The summed E-state index contributed by atoms with van der Waals surface area (Å²) in [6.07, 6.45) is 1.97. The monoisotopic (exact) mass is 479 g/mol. The number of anilines is 2. The van der Waals surface area contributed by atoms with Crippen LogP contribution in [0.25, 0.3) is 44.3 Å². The number of aromatic nitrogens is 1. The molecule has 0 unspecified atom stereocenters. The minimum absolute atomic E-state index is 0.172. The van der Waals surface area contributed by atoms with Crippen LogP contribution in [0, 0.1) is 6.92 Å². The van der Waals surface area contributed by atoms with Crippen molar-refractivity contribution in [1.29, 1.82) is 0 Å². The van der Waals surface area contributed by atoms with Gasteiger partial charge in [0.15, 0.2) is 0 Å². The molecule has 7 rings (SSSR count). The van der Waals surface area contributed by atoms with Gasteiger partial charge >= 0.3 is 6.98 Å². The van der Waals surface area contributed by atoms with Crippen molar-refractivity contribution in [2.45, 2.75) is 6.92 Å². The van der Waals surface area contributed by atoms with Gasteiger partial charge < -0.3 is 14.0 Å². The molecule has 3 heterocycles. The van der Waals surface area contributed by atoms with E-state index in [-0.39, 0.29) is 6.98 Å². The third kappa shape index (κ3) is 3.35. The Hall–Kier alpha value is -4.51. The van der Waals surface area contributed by atoms with Crippen LogP contribution in [0.15, 0.2) is 108 Å². The fraction of sp³-hybridized carbons (Fsp3) is 0.0938. The van der Waals surface area contributed by atoms with Gasteiger partial charge in [-0.25, -0.2) is 0 Å². The van der Waals surface area contributed by atoms with Crippen LogP contribution in [0.3, 0.4) is 0 Å². The van der Waals surface area contributed by atoms with Crippen LogP contribution in [0.4, 0.5) is 11.4 Å². The molecule has 37 heavy (non-hydrogen) atoms. The van der Waals surface area contributed by atoms with E-state index in [1.54, 1.807) is 0 Å². The van der Waals surface area contributed by atoms with Gasteiger partial charge in [-0.2, -0.15) is 0 Å². The topological polar surface area (TPSA) is 32.5 Å². The molecule has 0 radical (unpaired) electrons. The van der Waals surface area contributed by atoms with Crippen LogP contribution in [0.1, 0.15) is 5.56 Å². The minimum Gasteiger partial charge on any atom is -0.455 e. The highest BCUT2D eigenvalue weighted by Gasteiger charge is 2.37. The number of nitrogens with zero attached hydrogens (tertiary/aromatic N) is 3. The Kier molecular flexibility index (Phi) is 4.86. The van der Waals surface area contributed by atoms with Gasteiger partial charge in [0.05, 0.1) is 5.69 Å². The zero-order valence-corrected chi connectivity index (χ0v) is 21.1. The van der Waals surface area contributed by atoms with Crippen LogP contribution >= 0.6 is 0 Å². The minimum atomic E-state index is 0.172. The highest BCUT2D eigenvalue weighted by Crippen LogP contribution is 2.41. The Morgan fingerprint density at radius 2 is 1.46 bits per heavy atom. The summed E-state index contributed by atoms with van der Waals surface area (Å²) in [6.45, 7) is 2.30. The lowest BCUT2D eigenvalue weighted by Gasteiger charge is -2.23. The molecule has 0 spiro atoms. The number of furan rings is 1. The second kappa shape index (κ2) is 8.27. The Morgan fingerprint density at radius 3 is 2.32 bits per heavy atom. The van der Waals surface area contributed by atoms with E-state index in [2.05, 4.69) is 116 Å². The van der Waals surface area contributed by atoms with E-state index in [0.717, 1.165) is 38.8 Å². The van der Waals surface area contributed by atoms with Crippen molar-refractivity contribution in [3.05, 3.63) is 109 Å². The third-order valence-electron chi connectivity index (χ3n) is 7.66. The van der Waals surface area contributed by atoms with E-state index >= 15 is 0 Å². The Balaban J connectivity index is 1.33. The summed E-state index contributed by atoms with van der Waals surface area (Å²) >= 11 is 0. The molecule has 0 saturated heterocycles. The molecule has 6 aromatic rings. The van der Waals surface area contributed by atoms with Gasteiger partial charge in [-0.3, -0.25) is 4.98 Å². The van der Waals surface area contributed by atoms with E-state index in [1.165, 1.54) is 28.0 Å². The van der Waals surface area contributed by atoms with E-state index in [1.807, 2.05) is 18.3 Å². The first-order valence-corrected chi connectivity index (χ1v) is 12.6. The highest BCUT2D eigenvalue weighted by molar-refractivity contribution is 6.81. The number of para-hydroxylation sites is 2. The molecule has 0 aliphatic carbocycles. The molecule has 0 amide bonds. The molecule has 0 fully saturated rings. The third-order valence-corrected chi connectivity index (χ3v) is 7.66. The van der Waals surface area contributed by atoms with Gasteiger partial charge in [-0.1, -0.05) is 66.7 Å². The van der Waals surface area contributed by atoms with Crippen molar-refractivity contribution < 1.29 is 4.42 Å². The average Bonchev–Trinajstić information content (AvgIpc) is 3.44. The summed E-state index contributed by atoms with van der Waals surface area (Å²) in [5, 5.41) is 2.25. The van der Waals surface area contributed by atoms with Crippen molar-refractivity contribution in [2.75, 3.05) is 23.7 Å². The second-order valence-corrected chi connectivity index (χ2v) is 9.87. The predicted molar refractivity (Wildman–Crippen MR) is 156 cm³/mol. The van der Waals surface area contributed by atoms with E-state index in [9.17, 15) is 0 Å². The average molecular weight is 479 g/mol. The molecule has 0 atom stereocenters. The fourth-order valence-corrected chi connectivity index (χ4v) is 5.80. The molecule has 178 valence electrons. The fourth-order valence-electron chi connectivity index (χ4n) is 5.80. The summed E-state index contributed by atoms with van der Waals surface area (Å²) in [5.74, 6) is 0. The number of rotatable bonds is 3. The quantitative estimate of drug-likeness (QED) is 0.259. The SMILES string of the molecule is Cc1cnc(-c2cccc3c2oc2ccccc23)cc1-c1ccc2c(c1)N(C)B(c1ccccc1)N2C. The molecular formula is C32H26BN3O. The largest absolute Gasteiger partial charge is 0.455 e. The summed E-state index contributed by atoms with van der Waals surface area (Å²) < 4.78 is 6.30. The van der Waals surface area contributed by atoms with Gasteiger partial charge in [0.25, 0.3) is 0 Å². The molecule has 0 N–H and O–H groups in total. The molecule has 0 bridgehead atoms. The zero-order valence-electron chi connectivity index (χ0n) is 21.1. The van der Waals surface area contributed by atoms with E-state index < -0.39 is 0 Å². The molecule has 4 nitrogen and oxygen atoms in total. The molecular weight excluding hydrogens is 453 g/mol. The van der Waals surface area contributed by atoms with Crippen LogP contribution in [0.5, 0.6) is 0 Å². The lowest BCUT2D eigenvalue weighted by molar-refractivity contribution is 0.670. The Labute approximate surface area is 216 Å². The molecule has 4 aromatic carbocycles. The first-order chi connectivity index (χ1) is 18.1. The van der Waals surface area contributed by atoms with Crippen molar-refractivity contribution in [1.82, 2.24) is 4.98 Å². The van der Waals surface area contributed by atoms with Gasteiger partial charge in [0.1, 0.15) is 11.2 Å². The highest BCUT2D eigenvalue weighted by atomic mass is 16.3. The zero-order chi connectivity index (χ0) is 25.1. The number of benzene rings is 4. The number of pyridine rings is 1. The maximum absolute atomic E-state index is 6.30. The summed E-state index contributed by atoms with van der Waals surface area (Å²) in [6, 6.07) is 34.2. The van der Waals surface area contributed by atoms with Crippen molar-refractivity contribution in [3.8, 4) is 22.4 Å². The Bertz CT molecular complexity index is 1790. The lowest BCUT2D eigenvalue weighted by atomic mass is 9.66. The maximum Gasteiger partial charge on any atom is 0.411 e. The van der Waals surface area contributed by atoms with Crippen LogP contribution < -0.4 is 15.1 Å². The number of fused-ring (bicyclic) bond motifs is 4. The Morgan fingerprint density at radius 1 is 0.703 bits per heavy atom. The van der Waals surface area contributed by atoms with Crippen LogP contribution in [-0.2, 0) is 0 Å². The van der Waals surface area contributed by atoms with Crippen LogP contribution in [0.2, 0.25) is 0 Å². The van der Waals surface area contributed by atoms with Crippen molar-refractivity contribution in [3.63, 3.8) is 0 Å². The van der Waals surface area contributed by atoms with Gasteiger partial charge in [0.2, 0.25) is 0 Å². The molecule has 2 aromatic heterocycles. The standard InChI is InChI=1S/C32H26BN3O/c1-21-20-34-28(26-14-9-13-25-24-12-7-8-15-31(24)37-32(25)26)19-27(21)22-16-17-29-30(18-22)36(3)33(35(29)2)23-10-5-4-6-11-23/h4-20H,1-3H3. The summed E-state index contributed by atoms with van der Waals surface area (Å²) in [5.41, 5.74) is 11.0. The van der Waals surface area contributed by atoms with Crippen molar-refractivity contribution in [2.24, 2.45) is 0 Å². The molecule has 5 heteroatoms. The number of aryl methyl sites for hydroxylation is 1. The summed E-state index contributed by atoms with van der Waals surface area (Å²) in [7, 11) is 4.35. The maximum atomic E-state index is 6.30. The summed E-state index contributed by atoms with van der Waals surface area (Å²) in [4.78, 5) is 9.54. The molecule has 0 saturated carbocycles. The van der Waals surface area contributed by atoms with Gasteiger partial charge in [-0.15, -0.1) is 0 Å². The first-order valence-electron chi connectivity index (χ1n) is 12.6.